The molecule has 0 amide bonds. The van der Waals surface area contributed by atoms with Gasteiger partial charge in [-0.05, 0) is 103 Å². The molecule has 11 rings (SSSR count). The highest BCUT2D eigenvalue weighted by molar-refractivity contribution is 6.19. The second kappa shape index (κ2) is 14.1. The van der Waals surface area contributed by atoms with Crippen LogP contribution < -0.4 is 4.90 Å². The van der Waals surface area contributed by atoms with Crippen LogP contribution in [0.2, 0.25) is 0 Å². The van der Waals surface area contributed by atoms with Gasteiger partial charge in [0.05, 0.1) is 16.8 Å². The van der Waals surface area contributed by atoms with Crippen LogP contribution in [0.25, 0.3) is 88.0 Å². The van der Waals surface area contributed by atoms with Crippen molar-refractivity contribution in [2.24, 2.45) is 0 Å². The molecule has 0 fully saturated rings. The van der Waals surface area contributed by atoms with Crippen LogP contribution in [0.3, 0.4) is 0 Å². The quantitative estimate of drug-likeness (QED) is 0.162. The van der Waals surface area contributed by atoms with E-state index in [4.69, 9.17) is 4.42 Å². The van der Waals surface area contributed by atoms with Gasteiger partial charge >= 0.3 is 0 Å². The maximum absolute atomic E-state index is 6.94. The van der Waals surface area contributed by atoms with E-state index in [1.165, 1.54) is 38.2 Å². The van der Waals surface area contributed by atoms with Gasteiger partial charge in [-0.2, -0.15) is 0 Å². The average Bonchev–Trinajstić information content (AvgIpc) is 3.70. The fourth-order valence-corrected chi connectivity index (χ4v) is 8.68. The first kappa shape index (κ1) is 33.6. The largest absolute Gasteiger partial charge is 0.455 e. The Morgan fingerprint density at radius 2 is 0.931 bits per heavy atom. The molecule has 0 aliphatic rings. The molecule has 0 bridgehead atoms. The van der Waals surface area contributed by atoms with E-state index in [0.717, 1.165) is 66.8 Å². The van der Waals surface area contributed by atoms with Crippen molar-refractivity contribution >= 4 is 60.5 Å². The predicted molar refractivity (Wildman–Crippen MR) is 245 cm³/mol. The number of anilines is 3. The molecule has 0 saturated heterocycles. The molecule has 10 aromatic carbocycles. The standard InChI is InChI=1S/C56H37NO/c1-2-15-38(16-3-1)42-21-12-23-45(36-42)48-26-8-10-29-52(48)57(46-24-13-22-43(37-46)44-32-31-39-17-4-5-19-41(39)35-44)53-34-33-50(49-28-14-20-40-18-6-7-25-47(40)49)56-55(53)51-27-9-11-30-54(51)58-56/h1-37H. The first-order chi connectivity index (χ1) is 28.8. The molecule has 0 atom stereocenters. The first-order valence-corrected chi connectivity index (χ1v) is 19.8. The minimum Gasteiger partial charge on any atom is -0.455 e. The molecule has 1 aromatic heterocycles. The third-order valence-electron chi connectivity index (χ3n) is 11.4. The Morgan fingerprint density at radius 3 is 1.83 bits per heavy atom. The number of hydrogen-bond donors (Lipinski definition) is 0. The summed E-state index contributed by atoms with van der Waals surface area (Å²) in [6.45, 7) is 0. The van der Waals surface area contributed by atoms with Crippen molar-refractivity contribution in [2.45, 2.75) is 0 Å². The van der Waals surface area contributed by atoms with E-state index in [-0.39, 0.29) is 0 Å². The molecule has 1 heterocycles. The van der Waals surface area contributed by atoms with Crippen LogP contribution in [0, 0.1) is 0 Å². The lowest BCUT2D eigenvalue weighted by Crippen LogP contribution is -2.12. The Labute approximate surface area is 337 Å². The van der Waals surface area contributed by atoms with Gasteiger partial charge < -0.3 is 9.32 Å². The monoisotopic (exact) mass is 739 g/mol. The molecular formula is C56H37NO. The number of para-hydroxylation sites is 2. The molecule has 11 aromatic rings. The Morgan fingerprint density at radius 1 is 0.310 bits per heavy atom. The fraction of sp³-hybridized carbons (Fsp3) is 0. The lowest BCUT2D eigenvalue weighted by atomic mass is 9.94. The van der Waals surface area contributed by atoms with Gasteiger partial charge in [-0.1, -0.05) is 176 Å². The minimum atomic E-state index is 0.861. The summed E-state index contributed by atoms with van der Waals surface area (Å²) in [4.78, 5) is 2.44. The highest BCUT2D eigenvalue weighted by atomic mass is 16.3. The van der Waals surface area contributed by atoms with Crippen LogP contribution in [-0.2, 0) is 0 Å². The Kier molecular flexibility index (Phi) is 8.19. The summed E-state index contributed by atoms with van der Waals surface area (Å²) in [5.41, 5.74) is 14.1. The van der Waals surface area contributed by atoms with Crippen LogP contribution in [0.15, 0.2) is 229 Å². The van der Waals surface area contributed by atoms with Crippen LogP contribution >= 0.6 is 0 Å². The van der Waals surface area contributed by atoms with Gasteiger partial charge in [-0.25, -0.2) is 0 Å². The van der Waals surface area contributed by atoms with E-state index in [2.05, 4.69) is 229 Å². The van der Waals surface area contributed by atoms with Crippen LogP contribution in [0.4, 0.5) is 17.1 Å². The second-order valence-corrected chi connectivity index (χ2v) is 14.9. The molecule has 0 aliphatic carbocycles. The van der Waals surface area contributed by atoms with Gasteiger partial charge in [0.25, 0.3) is 0 Å². The first-order valence-electron chi connectivity index (χ1n) is 19.8. The molecule has 0 N–H and O–H groups in total. The number of hydrogen-bond acceptors (Lipinski definition) is 2. The Hall–Kier alpha value is -7.68. The van der Waals surface area contributed by atoms with Gasteiger partial charge in [0.2, 0.25) is 0 Å². The van der Waals surface area contributed by atoms with E-state index in [1.54, 1.807) is 0 Å². The van der Waals surface area contributed by atoms with E-state index in [9.17, 15) is 0 Å². The molecule has 0 aliphatic heterocycles. The van der Waals surface area contributed by atoms with E-state index in [0.29, 0.717) is 0 Å². The zero-order chi connectivity index (χ0) is 38.4. The number of rotatable bonds is 7. The summed E-state index contributed by atoms with van der Waals surface area (Å²) in [5, 5.41) is 7.01. The topological polar surface area (TPSA) is 16.4 Å². The summed E-state index contributed by atoms with van der Waals surface area (Å²) < 4.78 is 6.94. The van der Waals surface area contributed by atoms with Crippen LogP contribution in [-0.4, -0.2) is 0 Å². The number of benzene rings is 10. The summed E-state index contributed by atoms with van der Waals surface area (Å²) >= 11 is 0. The van der Waals surface area contributed by atoms with Gasteiger partial charge in [0, 0.05) is 22.2 Å². The molecule has 58 heavy (non-hydrogen) atoms. The molecule has 0 saturated carbocycles. The molecular weight excluding hydrogens is 703 g/mol. The van der Waals surface area contributed by atoms with E-state index >= 15 is 0 Å². The average molecular weight is 740 g/mol. The third-order valence-corrected chi connectivity index (χ3v) is 11.4. The lowest BCUT2D eigenvalue weighted by Gasteiger charge is -2.29. The second-order valence-electron chi connectivity index (χ2n) is 14.9. The highest BCUT2D eigenvalue weighted by Crippen LogP contribution is 2.49. The van der Waals surface area contributed by atoms with E-state index < -0.39 is 0 Å². The van der Waals surface area contributed by atoms with Crippen molar-refractivity contribution in [3.63, 3.8) is 0 Å². The fourth-order valence-electron chi connectivity index (χ4n) is 8.68. The SMILES string of the molecule is c1ccc(-c2cccc(-c3ccccc3N(c3cccc(-c4ccc5ccccc5c4)c3)c3ccc(-c4cccc5ccccc45)c4oc5ccccc5c34)c2)cc1. The molecule has 272 valence electrons. The summed E-state index contributed by atoms with van der Waals surface area (Å²) in [6.07, 6.45) is 0. The van der Waals surface area contributed by atoms with E-state index in [1.807, 2.05) is 0 Å². The zero-order valence-electron chi connectivity index (χ0n) is 31.7. The summed E-state index contributed by atoms with van der Waals surface area (Å²) in [7, 11) is 0. The highest BCUT2D eigenvalue weighted by Gasteiger charge is 2.25. The van der Waals surface area contributed by atoms with Crippen molar-refractivity contribution in [2.75, 3.05) is 4.90 Å². The Balaban J connectivity index is 1.18. The van der Waals surface area contributed by atoms with Crippen molar-refractivity contribution < 1.29 is 4.42 Å². The third kappa shape index (κ3) is 5.82. The maximum Gasteiger partial charge on any atom is 0.145 e. The predicted octanol–water partition coefficient (Wildman–Crippen LogP) is 16.0. The normalized spacial score (nSPS) is 11.4. The maximum atomic E-state index is 6.94. The molecule has 2 nitrogen and oxygen atoms in total. The zero-order valence-corrected chi connectivity index (χ0v) is 31.7. The van der Waals surface area contributed by atoms with Crippen LogP contribution in [0.5, 0.6) is 0 Å². The van der Waals surface area contributed by atoms with Crippen molar-refractivity contribution in [1.29, 1.82) is 0 Å². The van der Waals surface area contributed by atoms with Gasteiger partial charge in [0.1, 0.15) is 11.2 Å². The van der Waals surface area contributed by atoms with Crippen molar-refractivity contribution in [3.8, 4) is 44.5 Å². The van der Waals surface area contributed by atoms with Crippen LogP contribution in [0.1, 0.15) is 0 Å². The van der Waals surface area contributed by atoms with Gasteiger partial charge in [0.15, 0.2) is 0 Å². The number of furan rings is 1. The van der Waals surface area contributed by atoms with Crippen molar-refractivity contribution in [1.82, 2.24) is 0 Å². The molecule has 0 radical (unpaired) electrons. The lowest BCUT2D eigenvalue weighted by molar-refractivity contribution is 0.670. The smallest absolute Gasteiger partial charge is 0.145 e. The Bertz CT molecular complexity index is 3300. The number of nitrogens with zero attached hydrogens (tertiary/aromatic N) is 1. The summed E-state index contributed by atoms with van der Waals surface area (Å²) in [6, 6.07) is 80.7. The molecule has 2 heteroatoms. The molecule has 0 unspecified atom stereocenters. The summed E-state index contributed by atoms with van der Waals surface area (Å²) in [5.74, 6) is 0. The van der Waals surface area contributed by atoms with Gasteiger partial charge in [-0.3, -0.25) is 0 Å². The number of fused-ring (bicyclic) bond motifs is 5. The molecule has 0 spiro atoms. The minimum absolute atomic E-state index is 0.861. The van der Waals surface area contributed by atoms with Gasteiger partial charge in [-0.15, -0.1) is 0 Å². The van der Waals surface area contributed by atoms with Crippen molar-refractivity contribution in [3.05, 3.63) is 224 Å².